The molecule has 1 aromatic rings. The molecule has 0 fully saturated rings. The van der Waals surface area contributed by atoms with Crippen molar-refractivity contribution < 1.29 is 9.47 Å². The van der Waals surface area contributed by atoms with Crippen molar-refractivity contribution in [1.82, 2.24) is 0 Å². The highest BCUT2D eigenvalue weighted by Gasteiger charge is 2.28. The Morgan fingerprint density at radius 1 is 1.29 bits per heavy atom. The fourth-order valence-electron chi connectivity index (χ4n) is 1.80. The van der Waals surface area contributed by atoms with E-state index in [1.165, 1.54) is 5.56 Å². The van der Waals surface area contributed by atoms with Crippen molar-refractivity contribution >= 4 is 0 Å². The van der Waals surface area contributed by atoms with Crippen molar-refractivity contribution in [1.29, 1.82) is 0 Å². The van der Waals surface area contributed by atoms with Gasteiger partial charge in [-0.25, -0.2) is 0 Å². The molecule has 0 bridgehead atoms. The molecule has 1 rings (SSSR count). The second-order valence-corrected chi connectivity index (χ2v) is 4.75. The first-order chi connectivity index (χ1) is 7.98. The van der Waals surface area contributed by atoms with E-state index in [0.717, 1.165) is 11.3 Å². The molecule has 0 aromatic heterocycles. The van der Waals surface area contributed by atoms with Crippen molar-refractivity contribution in [3.8, 4) is 5.75 Å². The third-order valence-electron chi connectivity index (χ3n) is 3.30. The number of ether oxygens (including phenoxy) is 2. The zero-order valence-electron chi connectivity index (χ0n) is 11.4. The Morgan fingerprint density at radius 3 is 2.35 bits per heavy atom. The average molecular weight is 237 g/mol. The lowest BCUT2D eigenvalue weighted by Crippen LogP contribution is -2.34. The van der Waals surface area contributed by atoms with Gasteiger partial charge in [-0.05, 0) is 30.5 Å². The van der Waals surface area contributed by atoms with Crippen LogP contribution in [0.4, 0.5) is 0 Å². The van der Waals surface area contributed by atoms with E-state index in [4.69, 9.17) is 15.2 Å². The Balaban J connectivity index is 3.32. The SMILES string of the molecule is COc1ccc(C(C)C)cc1C(C)(CN)OC. The highest BCUT2D eigenvalue weighted by molar-refractivity contribution is 5.42. The summed E-state index contributed by atoms with van der Waals surface area (Å²) < 4.78 is 10.9. The van der Waals surface area contributed by atoms with Crippen LogP contribution in [0, 0.1) is 0 Å². The van der Waals surface area contributed by atoms with Crippen molar-refractivity contribution in [3.05, 3.63) is 29.3 Å². The van der Waals surface area contributed by atoms with E-state index in [-0.39, 0.29) is 0 Å². The summed E-state index contributed by atoms with van der Waals surface area (Å²) in [4.78, 5) is 0. The molecule has 0 spiro atoms. The molecule has 3 nitrogen and oxygen atoms in total. The number of hydrogen-bond donors (Lipinski definition) is 1. The van der Waals surface area contributed by atoms with Crippen LogP contribution < -0.4 is 10.5 Å². The van der Waals surface area contributed by atoms with Crippen LogP contribution >= 0.6 is 0 Å². The van der Waals surface area contributed by atoms with Gasteiger partial charge in [-0.1, -0.05) is 19.9 Å². The third-order valence-corrected chi connectivity index (χ3v) is 3.30. The minimum atomic E-state index is -0.504. The van der Waals surface area contributed by atoms with E-state index in [0.29, 0.717) is 12.5 Å². The van der Waals surface area contributed by atoms with Crippen molar-refractivity contribution in [2.24, 2.45) is 5.73 Å². The van der Waals surface area contributed by atoms with E-state index < -0.39 is 5.60 Å². The topological polar surface area (TPSA) is 44.5 Å². The van der Waals surface area contributed by atoms with Crippen molar-refractivity contribution in [2.45, 2.75) is 32.3 Å². The Labute approximate surface area is 104 Å². The maximum absolute atomic E-state index is 5.82. The summed E-state index contributed by atoms with van der Waals surface area (Å²) in [5.74, 6) is 1.29. The van der Waals surface area contributed by atoms with Gasteiger partial charge in [-0.3, -0.25) is 0 Å². The van der Waals surface area contributed by atoms with Gasteiger partial charge in [-0.15, -0.1) is 0 Å². The van der Waals surface area contributed by atoms with E-state index in [2.05, 4.69) is 26.0 Å². The summed E-state index contributed by atoms with van der Waals surface area (Å²) in [5.41, 5.74) is 7.59. The minimum Gasteiger partial charge on any atom is -0.496 e. The number of rotatable bonds is 5. The first-order valence-corrected chi connectivity index (χ1v) is 5.92. The molecule has 1 aromatic carbocycles. The molecule has 0 amide bonds. The van der Waals surface area contributed by atoms with Crippen LogP contribution in [-0.4, -0.2) is 20.8 Å². The number of hydrogen-bond acceptors (Lipinski definition) is 3. The zero-order chi connectivity index (χ0) is 13.1. The molecular formula is C14H23NO2. The minimum absolute atomic E-state index is 0.418. The molecule has 0 heterocycles. The van der Waals surface area contributed by atoms with Crippen LogP contribution in [-0.2, 0) is 10.3 Å². The van der Waals surface area contributed by atoms with Crippen molar-refractivity contribution in [2.75, 3.05) is 20.8 Å². The first-order valence-electron chi connectivity index (χ1n) is 5.92. The Morgan fingerprint density at radius 2 is 1.94 bits per heavy atom. The van der Waals surface area contributed by atoms with E-state index >= 15 is 0 Å². The molecule has 0 saturated heterocycles. The largest absolute Gasteiger partial charge is 0.496 e. The van der Waals surface area contributed by atoms with Gasteiger partial charge in [0.15, 0.2) is 0 Å². The molecule has 1 atom stereocenters. The Kier molecular flexibility index (Phi) is 4.54. The normalized spacial score (nSPS) is 14.8. The highest BCUT2D eigenvalue weighted by atomic mass is 16.5. The third kappa shape index (κ3) is 2.79. The molecule has 2 N–H and O–H groups in total. The average Bonchev–Trinajstić information content (AvgIpc) is 2.36. The highest BCUT2D eigenvalue weighted by Crippen LogP contribution is 2.34. The summed E-state index contributed by atoms with van der Waals surface area (Å²) in [6.07, 6.45) is 0. The molecule has 0 saturated carbocycles. The summed E-state index contributed by atoms with van der Waals surface area (Å²) in [6.45, 7) is 6.73. The van der Waals surface area contributed by atoms with Gasteiger partial charge in [0.1, 0.15) is 11.4 Å². The monoisotopic (exact) mass is 237 g/mol. The number of methoxy groups -OCH3 is 2. The van der Waals surface area contributed by atoms with E-state index in [9.17, 15) is 0 Å². The van der Waals surface area contributed by atoms with Gasteiger partial charge in [-0.2, -0.15) is 0 Å². The molecule has 0 aliphatic carbocycles. The van der Waals surface area contributed by atoms with Gasteiger partial charge in [0.25, 0.3) is 0 Å². The summed E-state index contributed by atoms with van der Waals surface area (Å²) >= 11 is 0. The van der Waals surface area contributed by atoms with Crippen LogP contribution in [0.3, 0.4) is 0 Å². The maximum atomic E-state index is 5.82. The zero-order valence-corrected chi connectivity index (χ0v) is 11.4. The Bertz CT molecular complexity index is 370. The Hall–Kier alpha value is -1.06. The molecule has 0 aliphatic heterocycles. The molecule has 96 valence electrons. The fraction of sp³-hybridized carbons (Fsp3) is 0.571. The fourth-order valence-corrected chi connectivity index (χ4v) is 1.80. The number of benzene rings is 1. The van der Waals surface area contributed by atoms with Gasteiger partial charge in [0.2, 0.25) is 0 Å². The van der Waals surface area contributed by atoms with Crippen LogP contribution in [0.5, 0.6) is 5.75 Å². The summed E-state index contributed by atoms with van der Waals surface area (Å²) in [7, 11) is 3.34. The predicted octanol–water partition coefficient (Wildman–Crippen LogP) is 2.64. The van der Waals surface area contributed by atoms with E-state index in [1.807, 2.05) is 13.0 Å². The van der Waals surface area contributed by atoms with Crippen molar-refractivity contribution in [3.63, 3.8) is 0 Å². The van der Waals surface area contributed by atoms with Gasteiger partial charge in [0.05, 0.1) is 7.11 Å². The molecule has 0 radical (unpaired) electrons. The quantitative estimate of drug-likeness (QED) is 0.856. The number of nitrogens with two attached hydrogens (primary N) is 1. The standard InChI is InChI=1S/C14H23NO2/c1-10(2)11-6-7-13(16-4)12(8-11)14(3,9-15)17-5/h6-8,10H,9,15H2,1-5H3. The predicted molar refractivity (Wildman–Crippen MR) is 70.5 cm³/mol. The lowest BCUT2D eigenvalue weighted by molar-refractivity contribution is 0.00815. The summed E-state index contributed by atoms with van der Waals surface area (Å²) in [6, 6.07) is 6.19. The lowest BCUT2D eigenvalue weighted by Gasteiger charge is -2.29. The molecule has 17 heavy (non-hydrogen) atoms. The van der Waals surface area contributed by atoms with Crippen LogP contribution in [0.25, 0.3) is 0 Å². The van der Waals surface area contributed by atoms with Gasteiger partial charge >= 0.3 is 0 Å². The van der Waals surface area contributed by atoms with Gasteiger partial charge < -0.3 is 15.2 Å². The molecular weight excluding hydrogens is 214 g/mol. The van der Waals surface area contributed by atoms with Crippen LogP contribution in [0.15, 0.2) is 18.2 Å². The molecule has 3 heteroatoms. The second-order valence-electron chi connectivity index (χ2n) is 4.75. The van der Waals surface area contributed by atoms with Gasteiger partial charge in [0, 0.05) is 19.2 Å². The van der Waals surface area contributed by atoms with Crippen LogP contribution in [0.2, 0.25) is 0 Å². The summed E-state index contributed by atoms with van der Waals surface area (Å²) in [5, 5.41) is 0. The van der Waals surface area contributed by atoms with Crippen LogP contribution in [0.1, 0.15) is 37.8 Å². The maximum Gasteiger partial charge on any atom is 0.125 e. The van der Waals surface area contributed by atoms with E-state index in [1.54, 1.807) is 14.2 Å². The molecule has 0 aliphatic rings. The molecule has 1 unspecified atom stereocenters. The second kappa shape index (κ2) is 5.52. The lowest BCUT2D eigenvalue weighted by atomic mass is 9.90. The smallest absolute Gasteiger partial charge is 0.125 e. The first kappa shape index (κ1) is 14.0.